The summed E-state index contributed by atoms with van der Waals surface area (Å²) in [5.41, 5.74) is 4.76. The Morgan fingerprint density at radius 2 is 1.50 bits per heavy atom. The predicted octanol–water partition coefficient (Wildman–Crippen LogP) is 2.32. The molecule has 2 N–H and O–H groups in total. The summed E-state index contributed by atoms with van der Waals surface area (Å²) >= 11 is 0. The molecule has 0 heterocycles. The third kappa shape index (κ3) is 51.3. The van der Waals surface area contributed by atoms with Gasteiger partial charge >= 0.3 is 0 Å². The summed E-state index contributed by atoms with van der Waals surface area (Å²) < 4.78 is 0. The highest BCUT2D eigenvalue weighted by atomic mass is 16.1. The van der Waals surface area contributed by atoms with Crippen LogP contribution in [0.15, 0.2) is 0 Å². The van der Waals surface area contributed by atoms with Gasteiger partial charge in [0.25, 0.3) is 0 Å². The number of carbonyl (C=O) groups is 1. The first-order chi connectivity index (χ1) is 4.77. The smallest absolute Gasteiger partial charge is 0.217 e. The van der Waals surface area contributed by atoms with E-state index >= 15 is 0 Å². The molecule has 0 atom stereocenters. The first-order valence-electron chi connectivity index (χ1n) is 4.05. The quantitative estimate of drug-likeness (QED) is 0.640. The molecular formula is C8H21NO. The van der Waals surface area contributed by atoms with Crippen LogP contribution >= 0.6 is 0 Å². The van der Waals surface area contributed by atoms with Crippen LogP contribution in [0.2, 0.25) is 0 Å². The second kappa shape index (κ2) is 23.7. The zero-order chi connectivity index (χ0) is 8.99. The Kier molecular flexibility index (Phi) is 38.4. The molecule has 0 rings (SSSR count). The van der Waals surface area contributed by atoms with Gasteiger partial charge in [-0.05, 0) is 6.42 Å². The van der Waals surface area contributed by atoms with Crippen molar-refractivity contribution >= 4 is 5.91 Å². The van der Waals surface area contributed by atoms with E-state index in [2.05, 4.69) is 0 Å². The maximum absolute atomic E-state index is 9.82. The maximum Gasteiger partial charge on any atom is 0.217 e. The van der Waals surface area contributed by atoms with Crippen molar-refractivity contribution in [2.75, 3.05) is 0 Å². The van der Waals surface area contributed by atoms with Gasteiger partial charge in [0.2, 0.25) is 5.91 Å². The maximum atomic E-state index is 9.82. The topological polar surface area (TPSA) is 43.1 Å². The van der Waals surface area contributed by atoms with Gasteiger partial charge in [0, 0.05) is 6.42 Å². The number of hydrogen-bond donors (Lipinski definition) is 1. The lowest BCUT2D eigenvalue weighted by Gasteiger charge is -1.81. The molecule has 0 fully saturated rings. The summed E-state index contributed by atoms with van der Waals surface area (Å²) in [7, 11) is 0. The van der Waals surface area contributed by atoms with Gasteiger partial charge in [0.15, 0.2) is 0 Å². The standard InChI is InChI=1S/C4H9NO.2C2H6/c1-2-3-4(5)6;2*1-2/h2-3H2,1H3,(H2,5,6);2*1-2H3. The summed E-state index contributed by atoms with van der Waals surface area (Å²) in [4.78, 5) is 9.82. The van der Waals surface area contributed by atoms with Gasteiger partial charge in [0.1, 0.15) is 0 Å². The first-order valence-corrected chi connectivity index (χ1v) is 4.05. The number of carbonyl (C=O) groups excluding carboxylic acids is 1. The largest absolute Gasteiger partial charge is 0.370 e. The van der Waals surface area contributed by atoms with Crippen molar-refractivity contribution in [1.29, 1.82) is 0 Å². The van der Waals surface area contributed by atoms with Crippen molar-refractivity contribution in [3.8, 4) is 0 Å². The summed E-state index contributed by atoms with van der Waals surface area (Å²) in [6, 6.07) is 0. The molecule has 0 spiro atoms. The summed E-state index contributed by atoms with van der Waals surface area (Å²) in [5.74, 6) is -0.211. The lowest BCUT2D eigenvalue weighted by atomic mass is 10.3. The molecule has 0 saturated heterocycles. The Hall–Kier alpha value is -0.530. The minimum atomic E-state index is -0.211. The minimum absolute atomic E-state index is 0.211. The summed E-state index contributed by atoms with van der Waals surface area (Å²) in [6.45, 7) is 9.92. The molecule has 0 aromatic carbocycles. The van der Waals surface area contributed by atoms with Crippen LogP contribution in [0, 0.1) is 0 Å². The molecule has 0 unspecified atom stereocenters. The van der Waals surface area contributed by atoms with Crippen molar-refractivity contribution in [1.82, 2.24) is 0 Å². The lowest BCUT2D eigenvalue weighted by Crippen LogP contribution is -2.08. The highest BCUT2D eigenvalue weighted by Gasteiger charge is 1.84. The molecule has 0 radical (unpaired) electrons. The van der Waals surface area contributed by atoms with E-state index in [9.17, 15) is 4.79 Å². The highest BCUT2D eigenvalue weighted by Crippen LogP contribution is 1.79. The first kappa shape index (κ1) is 16.2. The normalized spacial score (nSPS) is 6.10. The zero-order valence-corrected chi connectivity index (χ0v) is 7.90. The highest BCUT2D eigenvalue weighted by molar-refractivity contribution is 5.73. The molecule has 2 heteroatoms. The molecule has 0 aromatic rings. The van der Waals surface area contributed by atoms with Crippen molar-refractivity contribution in [3.05, 3.63) is 0 Å². The van der Waals surface area contributed by atoms with Gasteiger partial charge < -0.3 is 5.73 Å². The lowest BCUT2D eigenvalue weighted by molar-refractivity contribution is -0.118. The predicted molar refractivity (Wildman–Crippen MR) is 46.8 cm³/mol. The van der Waals surface area contributed by atoms with Crippen molar-refractivity contribution in [2.45, 2.75) is 47.5 Å². The van der Waals surface area contributed by atoms with E-state index in [4.69, 9.17) is 5.73 Å². The minimum Gasteiger partial charge on any atom is -0.370 e. The van der Waals surface area contributed by atoms with Crippen molar-refractivity contribution in [3.63, 3.8) is 0 Å². The van der Waals surface area contributed by atoms with E-state index in [1.807, 2.05) is 34.6 Å². The molecule has 0 aliphatic rings. The monoisotopic (exact) mass is 147 g/mol. The number of rotatable bonds is 2. The zero-order valence-electron chi connectivity index (χ0n) is 7.90. The SMILES string of the molecule is CC.CC.CCCC(N)=O. The molecule has 0 saturated carbocycles. The Morgan fingerprint density at radius 1 is 1.20 bits per heavy atom. The Morgan fingerprint density at radius 3 is 1.50 bits per heavy atom. The Balaban J connectivity index is -0.000000105. The van der Waals surface area contributed by atoms with E-state index in [1.165, 1.54) is 0 Å². The van der Waals surface area contributed by atoms with Crippen LogP contribution < -0.4 is 5.73 Å². The van der Waals surface area contributed by atoms with Gasteiger partial charge in [-0.1, -0.05) is 34.6 Å². The summed E-state index contributed by atoms with van der Waals surface area (Å²) in [5, 5.41) is 0. The second-order valence-electron chi connectivity index (χ2n) is 1.22. The van der Waals surface area contributed by atoms with Gasteiger partial charge in [-0.15, -0.1) is 0 Å². The van der Waals surface area contributed by atoms with Crippen LogP contribution in [0.3, 0.4) is 0 Å². The molecule has 1 amide bonds. The molecule has 0 bridgehead atoms. The number of nitrogens with two attached hydrogens (primary N) is 1. The van der Waals surface area contributed by atoms with Gasteiger partial charge in [0.05, 0.1) is 0 Å². The summed E-state index contributed by atoms with van der Waals surface area (Å²) in [6.07, 6.45) is 1.37. The van der Waals surface area contributed by atoms with E-state index < -0.39 is 0 Å². The molecular weight excluding hydrogens is 126 g/mol. The van der Waals surface area contributed by atoms with Gasteiger partial charge in [-0.25, -0.2) is 0 Å². The van der Waals surface area contributed by atoms with Crippen LogP contribution in [0.25, 0.3) is 0 Å². The molecule has 0 aliphatic heterocycles. The van der Waals surface area contributed by atoms with E-state index in [0.29, 0.717) is 6.42 Å². The number of primary amides is 1. The molecule has 64 valence electrons. The average Bonchev–Trinajstić information content (AvgIpc) is 1.96. The van der Waals surface area contributed by atoms with Crippen molar-refractivity contribution in [2.24, 2.45) is 5.73 Å². The Bertz CT molecular complexity index is 53.2. The van der Waals surface area contributed by atoms with E-state index in [0.717, 1.165) is 6.42 Å². The number of hydrogen-bond acceptors (Lipinski definition) is 1. The van der Waals surface area contributed by atoms with Crippen LogP contribution in [0.4, 0.5) is 0 Å². The van der Waals surface area contributed by atoms with E-state index in [-0.39, 0.29) is 5.91 Å². The van der Waals surface area contributed by atoms with Crippen LogP contribution in [0.5, 0.6) is 0 Å². The van der Waals surface area contributed by atoms with Gasteiger partial charge in [-0.2, -0.15) is 0 Å². The molecule has 2 nitrogen and oxygen atoms in total. The third-order valence-corrected chi connectivity index (χ3v) is 0.496. The Labute approximate surface area is 64.8 Å². The van der Waals surface area contributed by atoms with Crippen LogP contribution in [0.1, 0.15) is 47.5 Å². The van der Waals surface area contributed by atoms with E-state index in [1.54, 1.807) is 0 Å². The van der Waals surface area contributed by atoms with Crippen LogP contribution in [-0.2, 0) is 4.79 Å². The van der Waals surface area contributed by atoms with Crippen molar-refractivity contribution < 1.29 is 4.79 Å². The molecule has 0 aliphatic carbocycles. The average molecular weight is 147 g/mol. The fourth-order valence-electron chi connectivity index (χ4n) is 0.246. The number of amides is 1. The van der Waals surface area contributed by atoms with Crippen LogP contribution in [-0.4, -0.2) is 5.91 Å². The van der Waals surface area contributed by atoms with Gasteiger partial charge in [-0.3, -0.25) is 4.79 Å². The second-order valence-corrected chi connectivity index (χ2v) is 1.22. The third-order valence-electron chi connectivity index (χ3n) is 0.496. The molecule has 10 heavy (non-hydrogen) atoms. The fourth-order valence-corrected chi connectivity index (χ4v) is 0.246. The fraction of sp³-hybridized carbons (Fsp3) is 0.875. The molecule has 0 aromatic heterocycles.